The molecule has 1 saturated carbocycles. The van der Waals surface area contributed by atoms with E-state index in [1.807, 2.05) is 42.2 Å². The van der Waals surface area contributed by atoms with Crippen LogP contribution in [0.5, 0.6) is 0 Å². The van der Waals surface area contributed by atoms with Gasteiger partial charge < -0.3 is 15.5 Å². The Bertz CT molecular complexity index is 883. The fourth-order valence-corrected chi connectivity index (χ4v) is 3.87. The Morgan fingerprint density at radius 1 is 1.00 bits per heavy atom. The number of likely N-dealkylation sites (tertiary alicyclic amines) is 1. The summed E-state index contributed by atoms with van der Waals surface area (Å²) in [6.45, 7) is 4.58. The molecule has 1 aliphatic carbocycles. The van der Waals surface area contributed by atoms with Crippen molar-refractivity contribution < 1.29 is 9.59 Å². The number of aryl methyl sites for hydroxylation is 1. The van der Waals surface area contributed by atoms with E-state index >= 15 is 0 Å². The Kier molecular flexibility index (Phi) is 5.95. The van der Waals surface area contributed by atoms with E-state index < -0.39 is 0 Å². The molecule has 0 unspecified atom stereocenters. The predicted molar refractivity (Wildman–Crippen MR) is 115 cm³/mol. The number of hydrogen-bond acceptors (Lipinski definition) is 3. The second-order valence-corrected chi connectivity index (χ2v) is 8.29. The molecule has 1 aliphatic heterocycles. The van der Waals surface area contributed by atoms with Crippen molar-refractivity contribution in [2.45, 2.75) is 38.6 Å². The summed E-state index contributed by atoms with van der Waals surface area (Å²) in [5, 5.41) is 6.57. The second kappa shape index (κ2) is 8.78. The van der Waals surface area contributed by atoms with E-state index in [2.05, 4.69) is 10.6 Å². The fourth-order valence-electron chi connectivity index (χ4n) is 3.87. The maximum Gasteiger partial charge on any atom is 0.255 e. The summed E-state index contributed by atoms with van der Waals surface area (Å²) in [4.78, 5) is 27.7. The minimum absolute atomic E-state index is 0.00853. The number of hydrogen-bond donors (Lipinski definition) is 2. The standard InChI is InChI=1S/C24H29N3O2/c1-17-5-4-6-19(15-17)23(28)26-22-8-3-2-7-21(22)24(29)27-13-11-20(12-14-27)25-16-18-9-10-18/h2-8,15,18,20,25H,9-14,16H2,1H3,(H,26,28). The molecular weight excluding hydrogens is 362 g/mol. The number of nitrogens with one attached hydrogen (secondary N) is 2. The summed E-state index contributed by atoms with van der Waals surface area (Å²) in [5.74, 6) is 0.668. The summed E-state index contributed by atoms with van der Waals surface area (Å²) < 4.78 is 0. The van der Waals surface area contributed by atoms with Gasteiger partial charge in [0.15, 0.2) is 0 Å². The van der Waals surface area contributed by atoms with Crippen molar-refractivity contribution in [2.75, 3.05) is 25.0 Å². The zero-order valence-electron chi connectivity index (χ0n) is 17.0. The van der Waals surface area contributed by atoms with Crippen LogP contribution in [0.1, 0.15) is 52.0 Å². The first kappa shape index (κ1) is 19.6. The highest BCUT2D eigenvalue weighted by molar-refractivity contribution is 6.09. The minimum Gasteiger partial charge on any atom is -0.338 e. The van der Waals surface area contributed by atoms with E-state index in [1.165, 1.54) is 12.8 Å². The molecule has 0 radical (unpaired) electrons. The first-order valence-electron chi connectivity index (χ1n) is 10.6. The van der Waals surface area contributed by atoms with E-state index in [1.54, 1.807) is 18.2 Å². The lowest BCUT2D eigenvalue weighted by atomic mass is 10.0. The fraction of sp³-hybridized carbons (Fsp3) is 0.417. The van der Waals surface area contributed by atoms with Crippen LogP contribution in [-0.4, -0.2) is 42.4 Å². The van der Waals surface area contributed by atoms with Crippen molar-refractivity contribution in [1.82, 2.24) is 10.2 Å². The molecule has 4 rings (SSSR count). The number of piperidine rings is 1. The van der Waals surface area contributed by atoms with Gasteiger partial charge in [-0.3, -0.25) is 9.59 Å². The van der Waals surface area contributed by atoms with Gasteiger partial charge in [-0.05, 0) is 69.3 Å². The number of nitrogens with zero attached hydrogens (tertiary/aromatic N) is 1. The lowest BCUT2D eigenvalue weighted by molar-refractivity contribution is 0.0706. The van der Waals surface area contributed by atoms with Crippen LogP contribution < -0.4 is 10.6 Å². The van der Waals surface area contributed by atoms with Crippen LogP contribution in [0.15, 0.2) is 48.5 Å². The van der Waals surface area contributed by atoms with Crippen LogP contribution in [0.4, 0.5) is 5.69 Å². The number of para-hydroxylation sites is 1. The van der Waals surface area contributed by atoms with Crippen molar-refractivity contribution >= 4 is 17.5 Å². The maximum atomic E-state index is 13.1. The normalized spacial score (nSPS) is 17.2. The first-order valence-corrected chi connectivity index (χ1v) is 10.6. The quantitative estimate of drug-likeness (QED) is 0.786. The summed E-state index contributed by atoms with van der Waals surface area (Å²) in [6, 6.07) is 15.2. The van der Waals surface area contributed by atoms with Gasteiger partial charge in [-0.2, -0.15) is 0 Å². The van der Waals surface area contributed by atoms with E-state index in [4.69, 9.17) is 0 Å². The molecule has 0 bridgehead atoms. The van der Waals surface area contributed by atoms with Crippen molar-refractivity contribution in [3.63, 3.8) is 0 Å². The molecule has 0 atom stereocenters. The summed E-state index contributed by atoms with van der Waals surface area (Å²) in [6.07, 6.45) is 4.68. The van der Waals surface area contributed by atoms with Gasteiger partial charge in [0.25, 0.3) is 11.8 Å². The second-order valence-electron chi connectivity index (χ2n) is 8.29. The lowest BCUT2D eigenvalue weighted by Gasteiger charge is -2.33. The first-order chi connectivity index (χ1) is 14.1. The number of anilines is 1. The topological polar surface area (TPSA) is 61.4 Å². The Hall–Kier alpha value is -2.66. The SMILES string of the molecule is Cc1cccc(C(=O)Nc2ccccc2C(=O)N2CCC(NCC3CC3)CC2)c1. The zero-order valence-corrected chi connectivity index (χ0v) is 17.0. The van der Waals surface area contributed by atoms with Gasteiger partial charge in [0, 0.05) is 24.7 Å². The van der Waals surface area contributed by atoms with Crippen LogP contribution >= 0.6 is 0 Å². The van der Waals surface area contributed by atoms with Crippen LogP contribution in [-0.2, 0) is 0 Å². The smallest absolute Gasteiger partial charge is 0.255 e. The molecule has 0 spiro atoms. The Morgan fingerprint density at radius 2 is 1.76 bits per heavy atom. The van der Waals surface area contributed by atoms with Gasteiger partial charge in [0.05, 0.1) is 11.3 Å². The largest absolute Gasteiger partial charge is 0.338 e. The molecule has 1 saturated heterocycles. The Labute approximate surface area is 172 Å². The Morgan fingerprint density at radius 3 is 2.48 bits per heavy atom. The average molecular weight is 392 g/mol. The molecule has 2 fully saturated rings. The number of benzene rings is 2. The molecule has 0 aromatic heterocycles. The maximum absolute atomic E-state index is 13.1. The molecule has 2 aromatic rings. The molecule has 2 amide bonds. The molecule has 1 heterocycles. The van der Waals surface area contributed by atoms with Gasteiger partial charge in [-0.1, -0.05) is 29.8 Å². The highest BCUT2D eigenvalue weighted by Gasteiger charge is 2.27. The third-order valence-corrected chi connectivity index (χ3v) is 5.86. The van der Waals surface area contributed by atoms with Gasteiger partial charge >= 0.3 is 0 Å². The van der Waals surface area contributed by atoms with Crippen LogP contribution in [0, 0.1) is 12.8 Å². The number of rotatable bonds is 6. The summed E-state index contributed by atoms with van der Waals surface area (Å²) >= 11 is 0. The molecule has 2 aromatic carbocycles. The van der Waals surface area contributed by atoms with Crippen molar-refractivity contribution in [1.29, 1.82) is 0 Å². The number of carbonyl (C=O) groups excluding carboxylic acids is 2. The summed E-state index contributed by atoms with van der Waals surface area (Å²) in [7, 11) is 0. The number of amides is 2. The van der Waals surface area contributed by atoms with E-state index in [-0.39, 0.29) is 11.8 Å². The molecule has 5 heteroatoms. The molecule has 29 heavy (non-hydrogen) atoms. The van der Waals surface area contributed by atoms with Gasteiger partial charge in [0.2, 0.25) is 0 Å². The van der Waals surface area contributed by atoms with Gasteiger partial charge in [-0.15, -0.1) is 0 Å². The predicted octanol–water partition coefficient (Wildman–Crippen LogP) is 3.85. The van der Waals surface area contributed by atoms with Gasteiger partial charge in [0.1, 0.15) is 0 Å². The highest BCUT2D eigenvalue weighted by Crippen LogP contribution is 2.28. The van der Waals surface area contributed by atoms with E-state index in [0.717, 1.165) is 44.0 Å². The van der Waals surface area contributed by atoms with Gasteiger partial charge in [-0.25, -0.2) is 0 Å². The molecule has 2 aliphatic rings. The zero-order chi connectivity index (χ0) is 20.2. The van der Waals surface area contributed by atoms with Crippen molar-refractivity contribution in [3.05, 3.63) is 65.2 Å². The van der Waals surface area contributed by atoms with E-state index in [9.17, 15) is 9.59 Å². The summed E-state index contributed by atoms with van der Waals surface area (Å²) in [5.41, 5.74) is 2.74. The molecule has 5 nitrogen and oxygen atoms in total. The Balaban J connectivity index is 1.39. The van der Waals surface area contributed by atoms with Crippen LogP contribution in [0.3, 0.4) is 0 Å². The monoisotopic (exact) mass is 391 g/mol. The lowest BCUT2D eigenvalue weighted by Crippen LogP contribution is -2.45. The third kappa shape index (κ3) is 5.04. The third-order valence-electron chi connectivity index (χ3n) is 5.86. The average Bonchev–Trinajstić information content (AvgIpc) is 3.57. The van der Waals surface area contributed by atoms with E-state index in [0.29, 0.717) is 22.9 Å². The number of carbonyl (C=O) groups is 2. The van der Waals surface area contributed by atoms with Crippen LogP contribution in [0.25, 0.3) is 0 Å². The molecular formula is C24H29N3O2. The highest BCUT2D eigenvalue weighted by atomic mass is 16.2. The van der Waals surface area contributed by atoms with Crippen LogP contribution in [0.2, 0.25) is 0 Å². The molecule has 152 valence electrons. The van der Waals surface area contributed by atoms with Crippen molar-refractivity contribution in [2.24, 2.45) is 5.92 Å². The van der Waals surface area contributed by atoms with Crippen molar-refractivity contribution in [3.8, 4) is 0 Å². The minimum atomic E-state index is -0.197. The molecule has 2 N–H and O–H groups in total.